The minimum atomic E-state index is 0.362. The molecule has 0 N–H and O–H groups in total. The topological polar surface area (TPSA) is 171 Å². The summed E-state index contributed by atoms with van der Waals surface area (Å²) in [6.45, 7) is 44.3. The molecule has 0 spiro atoms. The molecule has 6 aliphatic heterocycles. The standard InChI is InChI=1S/C48H81N19/c1-18-19-20-65(41-57-45-53-37(61(21-29(2)3)22-30(4)5)49-43-50-38(54-46(58-41)66(43)45)62(23-31(6)7)24-32(8)9)42-59-47-55-39(63(25-33(10)11)26-34(12)13)51-44-52-40(56-48(60-42)67(44)47)64(27-35(14)15)28-36(16)17/h29-36H,18-28H2,1-17H3. The van der Waals surface area contributed by atoms with E-state index in [2.05, 4.69) is 137 Å². The van der Waals surface area contributed by atoms with Gasteiger partial charge in [-0.25, -0.2) is 9.80 Å². The molecule has 0 aromatic carbocycles. The zero-order valence-electron chi connectivity index (χ0n) is 43.9. The number of unbranched alkanes of at least 4 members (excludes halogenated alkanes) is 1. The zero-order valence-corrected chi connectivity index (χ0v) is 43.9. The van der Waals surface area contributed by atoms with Crippen molar-refractivity contribution in [2.24, 2.45) is 107 Å². The van der Waals surface area contributed by atoms with Crippen LogP contribution in [0.3, 0.4) is 0 Å². The average molecular weight is 924 g/mol. The molecule has 0 aromatic rings. The van der Waals surface area contributed by atoms with Crippen molar-refractivity contribution in [3.8, 4) is 0 Å². The quantitative estimate of drug-likeness (QED) is 0.129. The molecule has 0 saturated heterocycles. The maximum Gasteiger partial charge on any atom is 0.246 e. The molecule has 67 heavy (non-hydrogen) atoms. The fourth-order valence-corrected chi connectivity index (χ4v) is 8.40. The minimum absolute atomic E-state index is 0.362. The fourth-order valence-electron chi connectivity index (χ4n) is 8.40. The lowest BCUT2D eigenvalue weighted by molar-refractivity contribution is 0.323. The van der Waals surface area contributed by atoms with Gasteiger partial charge < -0.3 is 19.6 Å². The second kappa shape index (κ2) is 22.2. The van der Waals surface area contributed by atoms with Crippen LogP contribution in [0.15, 0.2) is 59.9 Å². The highest BCUT2D eigenvalue weighted by atomic mass is 15.6. The van der Waals surface area contributed by atoms with E-state index in [4.69, 9.17) is 59.9 Å². The summed E-state index contributed by atoms with van der Waals surface area (Å²) in [5.74, 6) is 8.48. The van der Waals surface area contributed by atoms with Gasteiger partial charge in [0.15, 0.2) is 0 Å². The molecule has 0 amide bonds. The molecular weight excluding hydrogens is 843 g/mol. The van der Waals surface area contributed by atoms with Crippen molar-refractivity contribution in [3.63, 3.8) is 0 Å². The number of hydrogen-bond acceptors (Lipinski definition) is 19. The summed E-state index contributed by atoms with van der Waals surface area (Å²) >= 11 is 0. The van der Waals surface area contributed by atoms with Gasteiger partial charge in [0.1, 0.15) is 0 Å². The molecule has 0 fully saturated rings. The van der Waals surface area contributed by atoms with Crippen molar-refractivity contribution in [2.75, 3.05) is 58.9 Å². The molecule has 6 heterocycles. The van der Waals surface area contributed by atoms with E-state index in [1.165, 1.54) is 0 Å². The highest BCUT2D eigenvalue weighted by Crippen LogP contribution is 2.26. The molecule has 0 radical (unpaired) electrons. The molecule has 0 atom stereocenters. The van der Waals surface area contributed by atoms with Crippen molar-refractivity contribution in [2.45, 2.75) is 131 Å². The lowest BCUT2D eigenvalue weighted by atomic mass is 10.1. The van der Waals surface area contributed by atoms with Crippen molar-refractivity contribution in [3.05, 3.63) is 0 Å². The van der Waals surface area contributed by atoms with E-state index in [0.29, 0.717) is 125 Å². The van der Waals surface area contributed by atoms with Gasteiger partial charge in [0.2, 0.25) is 71.5 Å². The van der Waals surface area contributed by atoms with E-state index in [1.54, 1.807) is 9.80 Å². The lowest BCUT2D eigenvalue weighted by Crippen LogP contribution is -2.55. The Bertz CT molecular complexity index is 1940. The lowest BCUT2D eigenvalue weighted by Gasteiger charge is -2.38. The maximum absolute atomic E-state index is 5.23. The molecular formula is C48H81N19. The van der Waals surface area contributed by atoms with E-state index in [0.717, 1.165) is 65.2 Å². The molecule has 368 valence electrons. The number of aliphatic imine (C=N–C) groups is 12. The third kappa shape index (κ3) is 13.0. The smallest absolute Gasteiger partial charge is 0.246 e. The number of nitrogens with zero attached hydrogens (tertiary/aromatic N) is 19. The molecule has 19 nitrogen and oxygen atoms in total. The van der Waals surface area contributed by atoms with Gasteiger partial charge >= 0.3 is 0 Å². The highest BCUT2D eigenvalue weighted by Gasteiger charge is 2.42. The molecule has 6 aliphatic rings. The first-order chi connectivity index (χ1) is 31.7. The third-order valence-corrected chi connectivity index (χ3v) is 10.6. The summed E-state index contributed by atoms with van der Waals surface area (Å²) < 4.78 is 0. The van der Waals surface area contributed by atoms with Crippen LogP contribution >= 0.6 is 0 Å². The maximum atomic E-state index is 5.23. The van der Waals surface area contributed by atoms with Crippen molar-refractivity contribution < 1.29 is 0 Å². The van der Waals surface area contributed by atoms with Crippen LogP contribution in [0.25, 0.3) is 0 Å². The Morgan fingerprint density at radius 1 is 0.299 bits per heavy atom. The SMILES string of the molecule is CCCCN(C1=NC2=NC(N(CC(C)C)CC(C)C)=NC3=NC(N(CC(C)C)CC(C)C)=NC(=N1)N32)C1=NC2=NC(N(CC(C)C)CC(C)C)=NC3=NC(N(CC(C)C)CC(C)C)=NC(=N1)N32. The third-order valence-electron chi connectivity index (χ3n) is 10.6. The molecule has 0 bridgehead atoms. The van der Waals surface area contributed by atoms with Gasteiger partial charge in [-0.1, -0.05) is 124 Å². The van der Waals surface area contributed by atoms with Gasteiger partial charge in [0.05, 0.1) is 0 Å². The van der Waals surface area contributed by atoms with Gasteiger partial charge in [-0.05, 0) is 53.8 Å². The van der Waals surface area contributed by atoms with Crippen LogP contribution in [0, 0.1) is 47.3 Å². The van der Waals surface area contributed by atoms with Gasteiger partial charge in [-0.15, -0.1) is 0 Å². The Labute approximate surface area is 401 Å². The van der Waals surface area contributed by atoms with E-state index >= 15 is 0 Å². The Hall–Kier alpha value is -5.36. The summed E-state index contributed by atoms with van der Waals surface area (Å²) in [5, 5.41) is 0. The molecule has 0 aliphatic carbocycles. The highest BCUT2D eigenvalue weighted by molar-refractivity contribution is 6.33. The van der Waals surface area contributed by atoms with Crippen molar-refractivity contribution in [1.82, 2.24) is 34.3 Å². The van der Waals surface area contributed by atoms with Crippen LogP contribution in [0.5, 0.6) is 0 Å². The summed E-state index contributed by atoms with van der Waals surface area (Å²) in [5.41, 5.74) is 0. The first-order valence-electron chi connectivity index (χ1n) is 25.1. The molecule has 0 aromatic heterocycles. The Morgan fingerprint density at radius 3 is 0.687 bits per heavy atom. The van der Waals surface area contributed by atoms with Crippen molar-refractivity contribution >= 4 is 71.5 Å². The largest absolute Gasteiger partial charge is 0.340 e. The number of guanidine groups is 12. The number of hydrogen-bond donors (Lipinski definition) is 0. The van der Waals surface area contributed by atoms with Gasteiger partial charge in [0, 0.05) is 58.9 Å². The summed E-state index contributed by atoms with van der Waals surface area (Å²) in [6, 6.07) is 0. The van der Waals surface area contributed by atoms with Crippen LogP contribution in [0.4, 0.5) is 0 Å². The zero-order chi connectivity index (χ0) is 48.9. The van der Waals surface area contributed by atoms with E-state index < -0.39 is 0 Å². The Balaban J connectivity index is 1.56. The van der Waals surface area contributed by atoms with Crippen LogP contribution in [0.1, 0.15) is 131 Å². The monoisotopic (exact) mass is 924 g/mol. The Kier molecular flexibility index (Phi) is 16.9. The van der Waals surface area contributed by atoms with Crippen LogP contribution < -0.4 is 0 Å². The van der Waals surface area contributed by atoms with E-state index in [-0.39, 0.29) is 0 Å². The molecule has 19 heteroatoms. The second-order valence-electron chi connectivity index (χ2n) is 21.9. The second-order valence-corrected chi connectivity index (χ2v) is 21.9. The minimum Gasteiger partial charge on any atom is -0.340 e. The predicted molar refractivity (Wildman–Crippen MR) is 280 cm³/mol. The van der Waals surface area contributed by atoms with Crippen LogP contribution in [-0.2, 0) is 0 Å². The van der Waals surface area contributed by atoms with Gasteiger partial charge in [0.25, 0.3) is 0 Å². The van der Waals surface area contributed by atoms with E-state index in [1.807, 2.05) is 4.90 Å². The average Bonchev–Trinajstić information content (AvgIpc) is 3.21. The molecule has 0 saturated carbocycles. The summed E-state index contributed by atoms with van der Waals surface area (Å²) in [6.07, 6.45) is 1.72. The fraction of sp³-hybridized carbons (Fsp3) is 0.750. The van der Waals surface area contributed by atoms with Crippen LogP contribution in [-0.4, -0.2) is 165 Å². The summed E-state index contributed by atoms with van der Waals surface area (Å²) in [4.78, 5) is 76.6. The van der Waals surface area contributed by atoms with Gasteiger partial charge in [-0.2, -0.15) is 59.9 Å². The van der Waals surface area contributed by atoms with Crippen molar-refractivity contribution in [1.29, 1.82) is 0 Å². The first-order valence-corrected chi connectivity index (χ1v) is 25.1. The predicted octanol–water partition coefficient (Wildman–Crippen LogP) is 7.50. The normalized spacial score (nSPS) is 17.7. The molecule has 0 unspecified atom stereocenters. The van der Waals surface area contributed by atoms with E-state index in [9.17, 15) is 0 Å². The number of rotatable bonds is 19. The Morgan fingerprint density at radius 2 is 0.493 bits per heavy atom. The molecule has 6 rings (SSSR count). The summed E-state index contributed by atoms with van der Waals surface area (Å²) in [7, 11) is 0. The first kappa shape index (κ1) is 51.0. The van der Waals surface area contributed by atoms with Crippen LogP contribution in [0.2, 0.25) is 0 Å². The van der Waals surface area contributed by atoms with Gasteiger partial charge in [-0.3, -0.25) is 4.90 Å².